The van der Waals surface area contributed by atoms with Crippen LogP contribution < -0.4 is 4.74 Å². The van der Waals surface area contributed by atoms with Crippen molar-refractivity contribution in [2.75, 3.05) is 20.3 Å². The molecular weight excluding hydrogens is 329 g/mol. The van der Waals surface area contributed by atoms with Gasteiger partial charge >= 0.3 is 12.1 Å². The Morgan fingerprint density at radius 3 is 2.44 bits per heavy atom. The molecule has 0 aliphatic carbocycles. The Bertz CT molecular complexity index is 625. The molecule has 1 heterocycles. The number of carbonyl (C=O) groups excluding carboxylic acids is 2. The van der Waals surface area contributed by atoms with Gasteiger partial charge in [0, 0.05) is 13.0 Å². The predicted molar refractivity (Wildman–Crippen MR) is 89.3 cm³/mol. The summed E-state index contributed by atoms with van der Waals surface area (Å²) in [6, 6.07) is 6.18. The van der Waals surface area contributed by atoms with Crippen LogP contribution in [0.3, 0.4) is 0 Å². The van der Waals surface area contributed by atoms with E-state index in [9.17, 15) is 9.59 Å². The Morgan fingerprint density at radius 2 is 1.88 bits per heavy atom. The highest BCUT2D eigenvalue weighted by molar-refractivity contribution is 5.89. The third-order valence-electron chi connectivity index (χ3n) is 3.77. The number of esters is 1. The van der Waals surface area contributed by atoms with Crippen molar-refractivity contribution >= 4 is 12.1 Å². The summed E-state index contributed by atoms with van der Waals surface area (Å²) in [7, 11) is 1.30. The standard InChI is InChI=1S/C18H24FNO5/c1-17(2,3)25-16(22)20-11-5-10-18(20,19)12-24-14-8-6-13(7-9-14)15(21)23-4/h6-9H,5,10-12H2,1-4H3/t18-/m1/s1. The molecule has 1 aromatic carbocycles. The second-order valence-corrected chi connectivity index (χ2v) is 6.96. The first-order valence-corrected chi connectivity index (χ1v) is 8.15. The molecule has 25 heavy (non-hydrogen) atoms. The highest BCUT2D eigenvalue weighted by atomic mass is 19.1. The first kappa shape index (κ1) is 19.0. The van der Waals surface area contributed by atoms with Gasteiger partial charge in [-0.3, -0.25) is 4.90 Å². The van der Waals surface area contributed by atoms with Crippen LogP contribution in [0.15, 0.2) is 24.3 Å². The number of likely N-dealkylation sites (tertiary alicyclic amines) is 1. The summed E-state index contributed by atoms with van der Waals surface area (Å²) >= 11 is 0. The SMILES string of the molecule is COC(=O)c1ccc(OC[C@@]2(F)CCCN2C(=O)OC(C)(C)C)cc1. The van der Waals surface area contributed by atoms with Gasteiger partial charge in [0.25, 0.3) is 0 Å². The number of nitrogens with zero attached hydrogens (tertiary/aromatic N) is 1. The number of carbonyl (C=O) groups is 2. The van der Waals surface area contributed by atoms with Crippen molar-refractivity contribution in [1.29, 1.82) is 0 Å². The molecule has 7 heteroatoms. The maximum atomic E-state index is 15.2. The number of rotatable bonds is 4. The summed E-state index contributed by atoms with van der Waals surface area (Å²) in [6.45, 7) is 5.20. The van der Waals surface area contributed by atoms with Crippen LogP contribution in [0.25, 0.3) is 0 Å². The molecule has 2 rings (SSSR count). The van der Waals surface area contributed by atoms with Crippen LogP contribution >= 0.6 is 0 Å². The molecule has 1 aliphatic heterocycles. The van der Waals surface area contributed by atoms with Crippen LogP contribution in [0.2, 0.25) is 0 Å². The van der Waals surface area contributed by atoms with Crippen molar-refractivity contribution in [3.05, 3.63) is 29.8 Å². The summed E-state index contributed by atoms with van der Waals surface area (Å²) in [5.41, 5.74) is -0.313. The molecule has 0 N–H and O–H groups in total. The molecule has 0 saturated carbocycles. The molecule has 6 nitrogen and oxygen atoms in total. The largest absolute Gasteiger partial charge is 0.488 e. The first-order chi connectivity index (χ1) is 11.6. The normalized spacial score (nSPS) is 20.3. The summed E-state index contributed by atoms with van der Waals surface area (Å²) in [6.07, 6.45) is 0.0458. The number of alkyl halides is 1. The summed E-state index contributed by atoms with van der Waals surface area (Å²) in [4.78, 5) is 24.7. The summed E-state index contributed by atoms with van der Waals surface area (Å²) in [5.74, 6) is -1.97. The van der Waals surface area contributed by atoms with Gasteiger partial charge in [-0.15, -0.1) is 0 Å². The molecule has 1 atom stereocenters. The highest BCUT2D eigenvalue weighted by Crippen LogP contribution is 2.33. The Hall–Kier alpha value is -2.31. The van der Waals surface area contributed by atoms with E-state index in [1.54, 1.807) is 32.9 Å². The van der Waals surface area contributed by atoms with E-state index in [2.05, 4.69) is 4.74 Å². The number of benzene rings is 1. The molecule has 0 unspecified atom stereocenters. The third-order valence-corrected chi connectivity index (χ3v) is 3.77. The molecule has 1 amide bonds. The minimum absolute atomic E-state index is 0.187. The molecule has 0 aromatic heterocycles. The Kier molecular flexibility index (Phi) is 5.55. The minimum Gasteiger partial charge on any atom is -0.488 e. The number of hydrogen-bond acceptors (Lipinski definition) is 5. The van der Waals surface area contributed by atoms with Crippen molar-refractivity contribution in [1.82, 2.24) is 4.90 Å². The maximum Gasteiger partial charge on any atom is 0.412 e. The van der Waals surface area contributed by atoms with E-state index in [0.717, 1.165) is 4.90 Å². The summed E-state index contributed by atoms with van der Waals surface area (Å²) < 4.78 is 30.6. The lowest BCUT2D eigenvalue weighted by Crippen LogP contribution is -2.49. The molecule has 1 aromatic rings. The van der Waals surface area contributed by atoms with Gasteiger partial charge in [0.1, 0.15) is 18.0 Å². The molecule has 1 aliphatic rings. The van der Waals surface area contributed by atoms with Gasteiger partial charge in [-0.1, -0.05) is 0 Å². The van der Waals surface area contributed by atoms with Gasteiger partial charge in [0.2, 0.25) is 5.79 Å². The van der Waals surface area contributed by atoms with Crippen LogP contribution in [-0.4, -0.2) is 48.6 Å². The van der Waals surface area contributed by atoms with Crippen LogP contribution in [0.4, 0.5) is 9.18 Å². The average Bonchev–Trinajstić information content (AvgIpc) is 2.93. The number of halogens is 1. The second-order valence-electron chi connectivity index (χ2n) is 6.96. The van der Waals surface area contributed by atoms with Crippen molar-refractivity contribution in [2.24, 2.45) is 0 Å². The fraction of sp³-hybridized carbons (Fsp3) is 0.556. The summed E-state index contributed by atoms with van der Waals surface area (Å²) in [5, 5.41) is 0. The van der Waals surface area contributed by atoms with E-state index in [0.29, 0.717) is 17.7 Å². The molecule has 0 spiro atoms. The smallest absolute Gasteiger partial charge is 0.412 e. The Labute approximate surface area is 146 Å². The van der Waals surface area contributed by atoms with Crippen molar-refractivity contribution in [2.45, 2.75) is 45.0 Å². The molecule has 0 bridgehead atoms. The number of hydrogen-bond donors (Lipinski definition) is 0. The number of amides is 1. The van der Waals surface area contributed by atoms with Gasteiger partial charge in [-0.25, -0.2) is 14.0 Å². The zero-order chi connectivity index (χ0) is 18.7. The maximum absolute atomic E-state index is 15.2. The van der Waals surface area contributed by atoms with E-state index in [-0.39, 0.29) is 19.6 Å². The topological polar surface area (TPSA) is 65.1 Å². The number of ether oxygens (including phenoxy) is 3. The lowest BCUT2D eigenvalue weighted by molar-refractivity contribution is -0.0525. The van der Waals surface area contributed by atoms with Crippen molar-refractivity contribution in [3.63, 3.8) is 0 Å². The molecule has 1 fully saturated rings. The zero-order valence-electron chi connectivity index (χ0n) is 15.0. The molecule has 0 radical (unpaired) electrons. The Morgan fingerprint density at radius 1 is 1.24 bits per heavy atom. The molecule has 138 valence electrons. The van der Waals surface area contributed by atoms with Gasteiger partial charge in [-0.05, 0) is 51.5 Å². The zero-order valence-corrected chi connectivity index (χ0v) is 15.0. The minimum atomic E-state index is -1.91. The van der Waals surface area contributed by atoms with E-state index in [4.69, 9.17) is 9.47 Å². The second kappa shape index (κ2) is 7.29. The predicted octanol–water partition coefficient (Wildman–Crippen LogP) is 3.55. The number of methoxy groups -OCH3 is 1. The average molecular weight is 353 g/mol. The Balaban J connectivity index is 2.00. The quantitative estimate of drug-likeness (QED) is 0.612. The third kappa shape index (κ3) is 4.84. The van der Waals surface area contributed by atoms with E-state index in [1.165, 1.54) is 19.2 Å². The van der Waals surface area contributed by atoms with E-state index < -0.39 is 23.5 Å². The van der Waals surface area contributed by atoms with Crippen molar-refractivity contribution in [3.8, 4) is 5.75 Å². The van der Waals surface area contributed by atoms with Crippen molar-refractivity contribution < 1.29 is 28.2 Å². The van der Waals surface area contributed by atoms with Crippen LogP contribution in [0.1, 0.15) is 44.0 Å². The van der Waals surface area contributed by atoms with E-state index >= 15 is 4.39 Å². The fourth-order valence-electron chi connectivity index (χ4n) is 2.56. The highest BCUT2D eigenvalue weighted by Gasteiger charge is 2.46. The van der Waals surface area contributed by atoms with Gasteiger partial charge in [-0.2, -0.15) is 0 Å². The lowest BCUT2D eigenvalue weighted by atomic mass is 10.2. The van der Waals surface area contributed by atoms with E-state index in [1.807, 2.05) is 0 Å². The van der Waals surface area contributed by atoms with Gasteiger partial charge in [0.15, 0.2) is 0 Å². The van der Waals surface area contributed by atoms with Crippen LogP contribution in [0.5, 0.6) is 5.75 Å². The van der Waals surface area contributed by atoms with Crippen LogP contribution in [0, 0.1) is 0 Å². The fourth-order valence-corrected chi connectivity index (χ4v) is 2.56. The first-order valence-electron chi connectivity index (χ1n) is 8.15. The van der Waals surface area contributed by atoms with Crippen LogP contribution in [-0.2, 0) is 9.47 Å². The molecule has 1 saturated heterocycles. The molecular formula is C18H24FNO5. The monoisotopic (exact) mass is 353 g/mol. The van der Waals surface area contributed by atoms with Gasteiger partial charge in [0.05, 0.1) is 12.7 Å². The van der Waals surface area contributed by atoms with Gasteiger partial charge < -0.3 is 14.2 Å². The lowest BCUT2D eigenvalue weighted by Gasteiger charge is -2.32.